The number of hydrogen-bond acceptors (Lipinski definition) is 5. The van der Waals surface area contributed by atoms with Gasteiger partial charge in [-0.15, -0.1) is 13.2 Å². The molecule has 1 amide bonds. The Morgan fingerprint density at radius 2 is 1.90 bits per heavy atom. The number of nitrogens with one attached hydrogen (secondary N) is 1. The Morgan fingerprint density at radius 3 is 2.63 bits per heavy atom. The number of para-hydroxylation sites is 2. The molecule has 3 aromatic rings. The summed E-state index contributed by atoms with van der Waals surface area (Å²) in [6.45, 7) is 1.14. The first-order valence-electron chi connectivity index (χ1n) is 9.25. The Kier molecular flexibility index (Phi) is 5.50. The van der Waals surface area contributed by atoms with Crippen molar-refractivity contribution < 1.29 is 27.1 Å². The minimum absolute atomic E-state index is 0.0181. The summed E-state index contributed by atoms with van der Waals surface area (Å²) in [5.74, 6) is -1.45. The number of hydrogen-bond donors (Lipinski definition) is 1. The number of amides is 1. The van der Waals surface area contributed by atoms with Crippen molar-refractivity contribution in [3.05, 3.63) is 48.3 Å². The molecule has 0 unspecified atom stereocenters. The third kappa shape index (κ3) is 4.64. The number of fused-ring (bicyclic) bond motifs is 1. The summed E-state index contributed by atoms with van der Waals surface area (Å²) in [7, 11) is 0. The number of halogens is 4. The molecule has 10 heteroatoms. The molecule has 0 radical (unpaired) electrons. The van der Waals surface area contributed by atoms with E-state index in [1.54, 1.807) is 6.07 Å². The standard InChI is InChI=1S/C20H17F4N3O2S/c21-13-5-6-15-17(11-13)30-19(26-15)27-9-7-12(8-10-27)18(28)25-14-3-1-2-4-16(14)29-20(22,23)24/h1-6,11-12H,7-10H2,(H,25,28). The first-order valence-corrected chi connectivity index (χ1v) is 10.1. The van der Waals surface area contributed by atoms with Crippen LogP contribution in [0.2, 0.25) is 0 Å². The minimum atomic E-state index is -4.84. The van der Waals surface area contributed by atoms with Crippen molar-refractivity contribution in [2.45, 2.75) is 19.2 Å². The van der Waals surface area contributed by atoms with Gasteiger partial charge < -0.3 is 15.0 Å². The molecule has 30 heavy (non-hydrogen) atoms. The van der Waals surface area contributed by atoms with Crippen LogP contribution in [0.1, 0.15) is 12.8 Å². The van der Waals surface area contributed by atoms with Crippen LogP contribution in [0.3, 0.4) is 0 Å². The van der Waals surface area contributed by atoms with Gasteiger partial charge in [0.2, 0.25) is 5.91 Å². The number of benzene rings is 2. The van der Waals surface area contributed by atoms with Crippen LogP contribution in [0.4, 0.5) is 28.4 Å². The Bertz CT molecular complexity index is 1060. The van der Waals surface area contributed by atoms with Crippen molar-refractivity contribution in [3.63, 3.8) is 0 Å². The maximum atomic E-state index is 13.4. The molecule has 2 aromatic carbocycles. The summed E-state index contributed by atoms with van der Waals surface area (Å²) in [5, 5.41) is 3.31. The van der Waals surface area contributed by atoms with Gasteiger partial charge in [0, 0.05) is 19.0 Å². The van der Waals surface area contributed by atoms with E-state index in [2.05, 4.69) is 15.0 Å². The van der Waals surface area contributed by atoms with Crippen molar-refractivity contribution >= 4 is 38.3 Å². The monoisotopic (exact) mass is 439 g/mol. The molecule has 0 saturated carbocycles. The smallest absolute Gasteiger partial charge is 0.404 e. The second-order valence-electron chi connectivity index (χ2n) is 6.90. The fraction of sp³-hybridized carbons (Fsp3) is 0.300. The van der Waals surface area contributed by atoms with Crippen LogP contribution in [0.25, 0.3) is 10.2 Å². The van der Waals surface area contributed by atoms with Gasteiger partial charge in [-0.25, -0.2) is 9.37 Å². The van der Waals surface area contributed by atoms with E-state index in [1.807, 2.05) is 4.90 Å². The molecule has 0 aliphatic carbocycles. The molecule has 1 saturated heterocycles. The van der Waals surface area contributed by atoms with Crippen molar-refractivity contribution in [2.24, 2.45) is 5.92 Å². The van der Waals surface area contributed by atoms with Gasteiger partial charge in [-0.3, -0.25) is 4.79 Å². The maximum Gasteiger partial charge on any atom is 0.573 e. The van der Waals surface area contributed by atoms with E-state index in [0.29, 0.717) is 25.9 Å². The SMILES string of the molecule is O=C(Nc1ccccc1OC(F)(F)F)C1CCN(c2nc3ccc(F)cc3s2)CC1. The predicted octanol–water partition coefficient (Wildman–Crippen LogP) is 5.19. The molecule has 4 rings (SSSR count). The van der Waals surface area contributed by atoms with E-state index in [9.17, 15) is 22.4 Å². The van der Waals surface area contributed by atoms with Gasteiger partial charge in [-0.1, -0.05) is 23.5 Å². The van der Waals surface area contributed by atoms with Crippen molar-refractivity contribution in [1.29, 1.82) is 0 Å². The van der Waals surface area contributed by atoms with Crippen molar-refractivity contribution in [3.8, 4) is 5.75 Å². The third-order valence-corrected chi connectivity index (χ3v) is 5.93. The summed E-state index contributed by atoms with van der Waals surface area (Å²) in [4.78, 5) is 19.1. The van der Waals surface area contributed by atoms with Crippen LogP contribution >= 0.6 is 11.3 Å². The summed E-state index contributed by atoms with van der Waals surface area (Å²) in [6, 6.07) is 9.89. The molecule has 1 aliphatic heterocycles. The number of piperidine rings is 1. The highest BCUT2D eigenvalue weighted by Crippen LogP contribution is 2.33. The van der Waals surface area contributed by atoms with Crippen LogP contribution in [0.15, 0.2) is 42.5 Å². The van der Waals surface area contributed by atoms with Gasteiger partial charge in [-0.05, 0) is 43.2 Å². The molecule has 1 fully saturated rings. The van der Waals surface area contributed by atoms with Crippen LogP contribution < -0.4 is 15.0 Å². The van der Waals surface area contributed by atoms with E-state index in [4.69, 9.17) is 0 Å². The summed E-state index contributed by atoms with van der Waals surface area (Å²) >= 11 is 1.39. The topological polar surface area (TPSA) is 54.5 Å². The number of ether oxygens (including phenoxy) is 1. The lowest BCUT2D eigenvalue weighted by atomic mass is 9.96. The van der Waals surface area contributed by atoms with Gasteiger partial charge in [0.05, 0.1) is 15.9 Å². The molecule has 1 N–H and O–H groups in total. The average molecular weight is 439 g/mol. The number of aromatic nitrogens is 1. The summed E-state index contributed by atoms with van der Waals surface area (Å²) in [5.41, 5.74) is 0.702. The van der Waals surface area contributed by atoms with Crippen molar-refractivity contribution in [2.75, 3.05) is 23.3 Å². The van der Waals surface area contributed by atoms with Gasteiger partial charge in [0.1, 0.15) is 5.82 Å². The van der Waals surface area contributed by atoms with Gasteiger partial charge in [-0.2, -0.15) is 0 Å². The minimum Gasteiger partial charge on any atom is -0.404 e. The van der Waals surface area contributed by atoms with Crippen LogP contribution in [-0.2, 0) is 4.79 Å². The van der Waals surface area contributed by atoms with E-state index in [1.165, 1.54) is 41.7 Å². The molecule has 0 spiro atoms. The normalized spacial score (nSPS) is 15.4. The summed E-state index contributed by atoms with van der Waals surface area (Å²) in [6.07, 6.45) is -3.79. The molecular formula is C20H17F4N3O2S. The Labute approximate surface area is 173 Å². The lowest BCUT2D eigenvalue weighted by Crippen LogP contribution is -2.38. The molecule has 5 nitrogen and oxygen atoms in total. The molecule has 1 aliphatic rings. The Balaban J connectivity index is 1.39. The first-order chi connectivity index (χ1) is 14.3. The highest BCUT2D eigenvalue weighted by molar-refractivity contribution is 7.22. The fourth-order valence-electron chi connectivity index (χ4n) is 3.37. The zero-order valence-electron chi connectivity index (χ0n) is 15.6. The van der Waals surface area contributed by atoms with E-state index in [-0.39, 0.29) is 23.3 Å². The third-order valence-electron chi connectivity index (χ3n) is 4.85. The highest BCUT2D eigenvalue weighted by atomic mass is 32.1. The Morgan fingerprint density at radius 1 is 1.17 bits per heavy atom. The number of carbonyl (C=O) groups excluding carboxylic acids is 1. The Hall–Kier alpha value is -2.88. The van der Waals surface area contributed by atoms with E-state index in [0.717, 1.165) is 21.4 Å². The summed E-state index contributed by atoms with van der Waals surface area (Å²) < 4.78 is 55.8. The van der Waals surface area contributed by atoms with Gasteiger partial charge in [0.25, 0.3) is 0 Å². The number of thiazole rings is 1. The van der Waals surface area contributed by atoms with Gasteiger partial charge >= 0.3 is 6.36 Å². The maximum absolute atomic E-state index is 13.4. The zero-order valence-corrected chi connectivity index (χ0v) is 16.4. The number of alkyl halides is 3. The molecule has 2 heterocycles. The molecule has 158 valence electrons. The largest absolute Gasteiger partial charge is 0.573 e. The first kappa shape index (κ1) is 20.4. The van der Waals surface area contributed by atoms with Crippen LogP contribution in [0.5, 0.6) is 5.75 Å². The van der Waals surface area contributed by atoms with E-state index < -0.39 is 12.1 Å². The number of carbonyl (C=O) groups is 1. The highest BCUT2D eigenvalue weighted by Gasteiger charge is 2.33. The van der Waals surface area contributed by atoms with Gasteiger partial charge in [0.15, 0.2) is 10.9 Å². The lowest BCUT2D eigenvalue weighted by molar-refractivity contribution is -0.274. The predicted molar refractivity (Wildman–Crippen MR) is 106 cm³/mol. The molecule has 0 atom stereocenters. The fourth-order valence-corrected chi connectivity index (χ4v) is 4.42. The van der Waals surface area contributed by atoms with Crippen LogP contribution in [-0.4, -0.2) is 30.3 Å². The lowest BCUT2D eigenvalue weighted by Gasteiger charge is -2.31. The average Bonchev–Trinajstić information content (AvgIpc) is 3.11. The molecule has 0 bridgehead atoms. The number of anilines is 2. The molecular weight excluding hydrogens is 422 g/mol. The van der Waals surface area contributed by atoms with Crippen molar-refractivity contribution in [1.82, 2.24) is 4.98 Å². The molecule has 1 aromatic heterocycles. The zero-order chi connectivity index (χ0) is 21.3. The van der Waals surface area contributed by atoms with E-state index >= 15 is 0 Å². The number of nitrogens with zero attached hydrogens (tertiary/aromatic N) is 2. The number of rotatable bonds is 4. The van der Waals surface area contributed by atoms with Crippen LogP contribution in [0, 0.1) is 11.7 Å². The second-order valence-corrected chi connectivity index (χ2v) is 7.91. The quantitative estimate of drug-likeness (QED) is 0.569. The second kappa shape index (κ2) is 8.10.